The normalized spacial score (nSPS) is 22.5. The lowest BCUT2D eigenvalue weighted by Crippen LogP contribution is -2.35. The Bertz CT molecular complexity index is 1100. The molecule has 192 valence electrons. The number of amides is 2. The van der Waals surface area contributed by atoms with Gasteiger partial charge in [0.25, 0.3) is 5.91 Å². The zero-order valence-electron chi connectivity index (χ0n) is 20.3. The third-order valence-electron chi connectivity index (χ3n) is 6.18. The van der Waals surface area contributed by atoms with Crippen LogP contribution < -0.4 is 10.6 Å². The number of carbonyl (C=O) groups excluding carboxylic acids is 2. The second-order valence-corrected chi connectivity index (χ2v) is 11.9. The molecule has 0 unspecified atom stereocenters. The molecule has 1 saturated carbocycles. The molecule has 1 aromatic carbocycles. The van der Waals surface area contributed by atoms with Gasteiger partial charge in [-0.25, -0.2) is 4.98 Å². The summed E-state index contributed by atoms with van der Waals surface area (Å²) in [5.41, 5.74) is 0.920. The molecule has 1 aromatic heterocycles. The molecular weight excluding hydrogens is 498 g/mol. The molecule has 2 atom stereocenters. The minimum Gasteiger partial charge on any atom is -0.389 e. The van der Waals surface area contributed by atoms with E-state index < -0.39 is 0 Å². The molecule has 3 heterocycles. The standard InChI is InChI=1S/C25H31N5O4S2/c1-16(31)27-18-8-10-30(13-18)14-22-12-26-25(36-22)28-24(32)23(29-34-19-9-11-33-15-19)17-2-4-20(5-3-17)35-21-6-7-21/h2-5,12,18-19,21H,6-11,13-15H2,1H3,(H,27,31)(H,26,28,32)/b29-23+/t18-,19+/m0/s1. The van der Waals surface area contributed by atoms with E-state index in [0.717, 1.165) is 37.4 Å². The van der Waals surface area contributed by atoms with Gasteiger partial charge in [0, 0.05) is 65.8 Å². The van der Waals surface area contributed by atoms with Crippen LogP contribution in [0.1, 0.15) is 43.0 Å². The fraction of sp³-hybridized carbons (Fsp3) is 0.520. The van der Waals surface area contributed by atoms with E-state index in [0.29, 0.717) is 29.2 Å². The van der Waals surface area contributed by atoms with E-state index in [1.807, 2.05) is 36.0 Å². The number of anilines is 1. The van der Waals surface area contributed by atoms with Gasteiger partial charge in [0.15, 0.2) is 16.9 Å². The topological polar surface area (TPSA) is 105 Å². The van der Waals surface area contributed by atoms with Crippen molar-refractivity contribution in [1.29, 1.82) is 0 Å². The first kappa shape index (κ1) is 25.2. The highest BCUT2D eigenvalue weighted by Crippen LogP contribution is 2.39. The second-order valence-electron chi connectivity index (χ2n) is 9.38. The van der Waals surface area contributed by atoms with Crippen LogP contribution in [0.5, 0.6) is 0 Å². The Morgan fingerprint density at radius 1 is 1.25 bits per heavy atom. The van der Waals surface area contributed by atoms with Crippen molar-refractivity contribution in [2.75, 3.05) is 31.6 Å². The molecule has 2 amide bonds. The van der Waals surface area contributed by atoms with E-state index >= 15 is 0 Å². The van der Waals surface area contributed by atoms with Gasteiger partial charge < -0.3 is 14.9 Å². The summed E-state index contributed by atoms with van der Waals surface area (Å²) < 4.78 is 5.36. The molecule has 2 aliphatic heterocycles. The Morgan fingerprint density at radius 3 is 2.81 bits per heavy atom. The number of benzene rings is 1. The number of thioether (sulfide) groups is 1. The van der Waals surface area contributed by atoms with Crippen molar-refractivity contribution in [3.8, 4) is 0 Å². The number of nitrogens with zero attached hydrogens (tertiary/aromatic N) is 3. The van der Waals surface area contributed by atoms with Gasteiger partial charge in [0.05, 0.1) is 13.2 Å². The summed E-state index contributed by atoms with van der Waals surface area (Å²) in [4.78, 5) is 39.1. The predicted molar refractivity (Wildman–Crippen MR) is 140 cm³/mol. The molecule has 0 spiro atoms. The maximum atomic E-state index is 13.2. The zero-order chi connectivity index (χ0) is 24.9. The molecule has 11 heteroatoms. The Hall–Kier alpha value is -2.47. The molecular formula is C25H31N5O4S2. The van der Waals surface area contributed by atoms with Crippen LogP contribution in [-0.2, 0) is 25.7 Å². The van der Waals surface area contributed by atoms with Crippen molar-refractivity contribution in [2.24, 2.45) is 5.16 Å². The minimum atomic E-state index is -0.357. The third-order valence-corrected chi connectivity index (χ3v) is 8.43. The smallest absolute Gasteiger partial charge is 0.280 e. The number of likely N-dealkylation sites (tertiary alicyclic amines) is 1. The summed E-state index contributed by atoms with van der Waals surface area (Å²) in [7, 11) is 0. The van der Waals surface area contributed by atoms with Gasteiger partial charge in [-0.1, -0.05) is 17.3 Å². The average Bonchev–Trinajstić information content (AvgIpc) is 3.20. The molecule has 9 nitrogen and oxygen atoms in total. The molecule has 36 heavy (non-hydrogen) atoms. The first-order valence-corrected chi connectivity index (χ1v) is 14.1. The number of aromatic nitrogens is 1. The summed E-state index contributed by atoms with van der Waals surface area (Å²) in [6, 6.07) is 8.10. The summed E-state index contributed by atoms with van der Waals surface area (Å²) in [5, 5.41) is 11.4. The Kier molecular flexibility index (Phi) is 8.20. The number of hydrogen-bond acceptors (Lipinski definition) is 9. The lowest BCUT2D eigenvalue weighted by molar-refractivity contribution is -0.119. The number of ether oxygens (including phenoxy) is 1. The van der Waals surface area contributed by atoms with Crippen LogP contribution in [0.25, 0.3) is 0 Å². The largest absolute Gasteiger partial charge is 0.389 e. The maximum Gasteiger partial charge on any atom is 0.280 e. The quantitative estimate of drug-likeness (QED) is 0.360. The molecule has 3 fully saturated rings. The monoisotopic (exact) mass is 529 g/mol. The summed E-state index contributed by atoms with van der Waals surface area (Å²) in [5.74, 6) is -0.354. The summed E-state index contributed by atoms with van der Waals surface area (Å²) in [6.45, 7) is 5.12. The van der Waals surface area contributed by atoms with Crippen LogP contribution in [0.15, 0.2) is 40.5 Å². The Labute approximate surface area is 219 Å². The van der Waals surface area contributed by atoms with Crippen LogP contribution in [0.3, 0.4) is 0 Å². The third kappa shape index (κ3) is 7.06. The highest BCUT2D eigenvalue weighted by molar-refractivity contribution is 8.00. The van der Waals surface area contributed by atoms with Gasteiger partial charge in [0.1, 0.15) is 0 Å². The fourth-order valence-corrected chi connectivity index (χ4v) is 6.11. The van der Waals surface area contributed by atoms with Crippen molar-refractivity contribution >= 4 is 45.8 Å². The first-order chi connectivity index (χ1) is 17.5. The molecule has 3 aliphatic rings. The van der Waals surface area contributed by atoms with Crippen molar-refractivity contribution < 1.29 is 19.2 Å². The van der Waals surface area contributed by atoms with Crippen molar-refractivity contribution in [3.05, 3.63) is 40.9 Å². The number of oxime groups is 1. The predicted octanol–water partition coefficient (Wildman–Crippen LogP) is 3.26. The summed E-state index contributed by atoms with van der Waals surface area (Å²) >= 11 is 3.32. The first-order valence-electron chi connectivity index (χ1n) is 12.4. The van der Waals surface area contributed by atoms with Gasteiger partial charge >= 0.3 is 0 Å². The molecule has 0 radical (unpaired) electrons. The number of carbonyl (C=O) groups is 2. The van der Waals surface area contributed by atoms with Crippen LogP contribution in [0.2, 0.25) is 0 Å². The number of thiazole rings is 1. The molecule has 5 rings (SSSR count). The maximum absolute atomic E-state index is 13.2. The highest BCUT2D eigenvalue weighted by Gasteiger charge is 2.25. The van der Waals surface area contributed by atoms with Gasteiger partial charge in [0.2, 0.25) is 5.91 Å². The van der Waals surface area contributed by atoms with E-state index in [2.05, 4.69) is 25.7 Å². The number of hydrogen-bond donors (Lipinski definition) is 2. The van der Waals surface area contributed by atoms with Gasteiger partial charge in [-0.3, -0.25) is 19.8 Å². The Morgan fingerprint density at radius 2 is 2.08 bits per heavy atom. The van der Waals surface area contributed by atoms with E-state index in [9.17, 15) is 9.59 Å². The van der Waals surface area contributed by atoms with Gasteiger partial charge in [-0.2, -0.15) is 0 Å². The Balaban J connectivity index is 1.22. The van der Waals surface area contributed by atoms with E-state index in [-0.39, 0.29) is 29.7 Å². The number of nitrogens with one attached hydrogen (secondary N) is 2. The molecule has 1 aliphatic carbocycles. The lowest BCUT2D eigenvalue weighted by Gasteiger charge is -2.14. The molecule has 2 saturated heterocycles. The van der Waals surface area contributed by atoms with Crippen LogP contribution >= 0.6 is 23.1 Å². The molecule has 2 N–H and O–H groups in total. The molecule has 2 aromatic rings. The summed E-state index contributed by atoms with van der Waals surface area (Å²) in [6.07, 6.45) is 5.87. The minimum absolute atomic E-state index is 0.00264. The van der Waals surface area contributed by atoms with E-state index in [1.165, 1.54) is 29.1 Å². The molecule has 0 bridgehead atoms. The fourth-order valence-electron chi connectivity index (χ4n) is 4.21. The van der Waals surface area contributed by atoms with E-state index in [1.54, 1.807) is 13.1 Å². The van der Waals surface area contributed by atoms with E-state index in [4.69, 9.17) is 9.57 Å². The van der Waals surface area contributed by atoms with Crippen LogP contribution in [-0.4, -0.2) is 71.1 Å². The number of rotatable bonds is 10. The average molecular weight is 530 g/mol. The van der Waals surface area contributed by atoms with Crippen molar-refractivity contribution in [2.45, 2.75) is 61.4 Å². The van der Waals surface area contributed by atoms with Crippen LogP contribution in [0.4, 0.5) is 5.13 Å². The SMILES string of the molecule is CC(=O)N[C@H]1CCN(Cc2cnc(NC(=O)/C(=N/O[C@@H]3CCOC3)c3ccc(SC4CC4)cc3)s2)C1. The lowest BCUT2D eigenvalue weighted by atomic mass is 10.1. The van der Waals surface area contributed by atoms with Crippen molar-refractivity contribution in [3.63, 3.8) is 0 Å². The second kappa shape index (κ2) is 11.7. The zero-order valence-corrected chi connectivity index (χ0v) is 21.9. The highest BCUT2D eigenvalue weighted by atomic mass is 32.2. The van der Waals surface area contributed by atoms with Crippen molar-refractivity contribution in [1.82, 2.24) is 15.2 Å². The van der Waals surface area contributed by atoms with Crippen LogP contribution in [0, 0.1) is 0 Å². The van der Waals surface area contributed by atoms with Gasteiger partial charge in [-0.05, 0) is 31.4 Å². The van der Waals surface area contributed by atoms with Gasteiger partial charge in [-0.15, -0.1) is 23.1 Å².